The van der Waals surface area contributed by atoms with Gasteiger partial charge >= 0.3 is 11.7 Å². The highest BCUT2D eigenvalue weighted by molar-refractivity contribution is 6.07. The van der Waals surface area contributed by atoms with Crippen LogP contribution in [0.4, 0.5) is 26.2 Å². The van der Waals surface area contributed by atoms with Crippen LogP contribution in [0.2, 0.25) is 0 Å². The molecule has 2 unspecified atom stereocenters. The average molecular weight is 455 g/mol. The fraction of sp³-hybridized carbons (Fsp3) is 0.238. The number of hydrogen-bond donors (Lipinski definition) is 3. The number of nitro groups is 1. The lowest BCUT2D eigenvalue weighted by Gasteiger charge is -2.22. The van der Waals surface area contributed by atoms with Crippen LogP contribution in [-0.4, -0.2) is 35.2 Å². The summed E-state index contributed by atoms with van der Waals surface area (Å²) >= 11 is 0. The van der Waals surface area contributed by atoms with Crippen LogP contribution in [0.3, 0.4) is 0 Å². The zero-order valence-corrected chi connectivity index (χ0v) is 17.3. The quantitative estimate of drug-likeness (QED) is 0.355. The normalized spacial score (nSPS) is 22.2. The number of halogens is 1. The van der Waals surface area contributed by atoms with E-state index in [-0.39, 0.29) is 18.7 Å². The molecule has 4 rings (SSSR count). The van der Waals surface area contributed by atoms with Gasteiger partial charge in [0.05, 0.1) is 16.5 Å². The highest BCUT2D eigenvalue weighted by atomic mass is 19.1. The Bertz CT molecular complexity index is 1220. The van der Waals surface area contributed by atoms with Crippen LogP contribution < -0.4 is 20.9 Å². The van der Waals surface area contributed by atoms with Gasteiger partial charge in [0.15, 0.2) is 0 Å². The van der Waals surface area contributed by atoms with E-state index in [2.05, 4.69) is 16.0 Å². The number of imide groups is 1. The van der Waals surface area contributed by atoms with E-state index in [1.807, 2.05) is 0 Å². The Morgan fingerprint density at radius 1 is 1.24 bits per heavy atom. The number of anilines is 2. The van der Waals surface area contributed by atoms with Gasteiger partial charge in [0.25, 0.3) is 5.91 Å². The van der Waals surface area contributed by atoms with Crippen molar-refractivity contribution in [1.29, 1.82) is 0 Å². The highest BCUT2D eigenvalue weighted by Crippen LogP contribution is 2.31. The minimum absolute atomic E-state index is 0.0384. The van der Waals surface area contributed by atoms with Crippen LogP contribution >= 0.6 is 0 Å². The SMILES string of the molecule is CC1(c2cccc(NC(=O)C3CC(=O)N(c4ccc(F)c([N+](=O)[O-])c4)C3)c2)NC(=O)NC1=O. The molecule has 33 heavy (non-hydrogen) atoms. The van der Waals surface area contributed by atoms with Crippen LogP contribution in [-0.2, 0) is 19.9 Å². The van der Waals surface area contributed by atoms with Gasteiger partial charge in [0.1, 0.15) is 5.54 Å². The molecule has 2 aliphatic rings. The number of nitro benzene ring substituents is 1. The Kier molecular flexibility index (Phi) is 5.28. The molecule has 12 heteroatoms. The maximum atomic E-state index is 13.6. The molecule has 0 spiro atoms. The number of rotatable bonds is 5. The monoisotopic (exact) mass is 455 g/mol. The Balaban J connectivity index is 1.49. The Hall–Kier alpha value is -4.35. The van der Waals surface area contributed by atoms with Crippen LogP contribution in [0, 0.1) is 21.8 Å². The minimum atomic E-state index is -1.30. The molecule has 11 nitrogen and oxygen atoms in total. The summed E-state index contributed by atoms with van der Waals surface area (Å²) in [6.45, 7) is 1.49. The van der Waals surface area contributed by atoms with Crippen molar-refractivity contribution in [3.05, 3.63) is 64.0 Å². The van der Waals surface area contributed by atoms with Crippen molar-refractivity contribution in [2.24, 2.45) is 5.92 Å². The summed E-state index contributed by atoms with van der Waals surface area (Å²) < 4.78 is 13.6. The van der Waals surface area contributed by atoms with Gasteiger partial charge in [0.2, 0.25) is 17.6 Å². The van der Waals surface area contributed by atoms with Crippen LogP contribution in [0.25, 0.3) is 0 Å². The molecule has 2 aliphatic heterocycles. The molecule has 0 bridgehead atoms. The van der Waals surface area contributed by atoms with E-state index in [0.29, 0.717) is 11.3 Å². The van der Waals surface area contributed by atoms with Crippen molar-refractivity contribution < 1.29 is 28.5 Å². The van der Waals surface area contributed by atoms with Gasteiger partial charge < -0.3 is 15.5 Å². The summed E-state index contributed by atoms with van der Waals surface area (Å²) in [6.07, 6.45) is -0.132. The molecule has 170 valence electrons. The highest BCUT2D eigenvalue weighted by Gasteiger charge is 2.43. The fourth-order valence-electron chi connectivity index (χ4n) is 3.84. The summed E-state index contributed by atoms with van der Waals surface area (Å²) in [7, 11) is 0. The lowest BCUT2D eigenvalue weighted by atomic mass is 9.92. The zero-order valence-electron chi connectivity index (χ0n) is 17.3. The van der Waals surface area contributed by atoms with Crippen molar-refractivity contribution in [1.82, 2.24) is 10.6 Å². The van der Waals surface area contributed by atoms with Gasteiger partial charge in [-0.15, -0.1) is 0 Å². The van der Waals surface area contributed by atoms with E-state index >= 15 is 0 Å². The molecule has 0 radical (unpaired) electrons. The first-order valence-corrected chi connectivity index (χ1v) is 9.88. The molecule has 3 N–H and O–H groups in total. The van der Waals surface area contributed by atoms with E-state index in [1.165, 1.54) is 17.9 Å². The van der Waals surface area contributed by atoms with E-state index in [4.69, 9.17) is 0 Å². The number of amides is 5. The molecule has 5 amide bonds. The molecule has 2 aromatic rings. The third kappa shape index (κ3) is 3.97. The summed E-state index contributed by atoms with van der Waals surface area (Å²) in [5.41, 5.74) is -1.12. The number of benzene rings is 2. The summed E-state index contributed by atoms with van der Waals surface area (Å²) in [5.74, 6) is -3.20. The van der Waals surface area contributed by atoms with E-state index in [1.54, 1.807) is 24.3 Å². The van der Waals surface area contributed by atoms with Crippen molar-refractivity contribution in [2.75, 3.05) is 16.8 Å². The topological polar surface area (TPSA) is 151 Å². The van der Waals surface area contributed by atoms with Gasteiger partial charge in [-0.05, 0) is 36.8 Å². The van der Waals surface area contributed by atoms with Crippen molar-refractivity contribution >= 4 is 40.8 Å². The predicted molar refractivity (Wildman–Crippen MR) is 113 cm³/mol. The predicted octanol–water partition coefficient (Wildman–Crippen LogP) is 1.78. The van der Waals surface area contributed by atoms with Crippen molar-refractivity contribution in [3.63, 3.8) is 0 Å². The lowest BCUT2D eigenvalue weighted by molar-refractivity contribution is -0.387. The second kappa shape index (κ2) is 7.97. The van der Waals surface area contributed by atoms with Gasteiger partial charge in [-0.2, -0.15) is 4.39 Å². The number of hydrogen-bond acceptors (Lipinski definition) is 6. The minimum Gasteiger partial charge on any atom is -0.326 e. The van der Waals surface area contributed by atoms with E-state index in [0.717, 1.165) is 12.1 Å². The van der Waals surface area contributed by atoms with E-state index < -0.39 is 51.6 Å². The van der Waals surface area contributed by atoms with Crippen molar-refractivity contribution in [3.8, 4) is 0 Å². The van der Waals surface area contributed by atoms with Crippen LogP contribution in [0.1, 0.15) is 18.9 Å². The molecule has 2 heterocycles. The molecular formula is C21H18FN5O6. The summed E-state index contributed by atoms with van der Waals surface area (Å²) in [6, 6.07) is 8.85. The first kappa shape index (κ1) is 21.9. The standard InChI is InChI=1S/C21H18FN5O6/c1-21(19(30)24-20(31)25-21)12-3-2-4-13(8-12)23-18(29)11-7-17(28)26(10-11)14-5-6-15(22)16(9-14)27(32)33/h2-6,8-9,11H,7,10H2,1H3,(H,23,29)(H2,24,25,30,31). The third-order valence-corrected chi connectivity index (χ3v) is 5.69. The number of nitrogens with zero attached hydrogens (tertiary/aromatic N) is 2. The van der Waals surface area contributed by atoms with Crippen molar-refractivity contribution in [2.45, 2.75) is 18.9 Å². The maximum Gasteiger partial charge on any atom is 0.322 e. The fourth-order valence-corrected chi connectivity index (χ4v) is 3.84. The first-order chi connectivity index (χ1) is 15.6. The number of carbonyl (C=O) groups is 4. The molecule has 0 saturated carbocycles. The molecular weight excluding hydrogens is 437 g/mol. The lowest BCUT2D eigenvalue weighted by Crippen LogP contribution is -2.40. The average Bonchev–Trinajstić information content (AvgIpc) is 3.27. The summed E-state index contributed by atoms with van der Waals surface area (Å²) in [5, 5.41) is 18.4. The first-order valence-electron chi connectivity index (χ1n) is 9.88. The second-order valence-corrected chi connectivity index (χ2v) is 7.90. The summed E-state index contributed by atoms with van der Waals surface area (Å²) in [4.78, 5) is 60.2. The third-order valence-electron chi connectivity index (χ3n) is 5.69. The number of nitrogens with one attached hydrogen (secondary N) is 3. The zero-order chi connectivity index (χ0) is 23.9. The van der Waals surface area contributed by atoms with Gasteiger partial charge in [-0.3, -0.25) is 29.8 Å². The van der Waals surface area contributed by atoms with Gasteiger partial charge in [0, 0.05) is 24.7 Å². The molecule has 2 fully saturated rings. The van der Waals surface area contributed by atoms with Crippen LogP contribution in [0.15, 0.2) is 42.5 Å². The molecule has 0 aromatic heterocycles. The van der Waals surface area contributed by atoms with E-state index in [9.17, 15) is 33.7 Å². The smallest absolute Gasteiger partial charge is 0.322 e. The Labute approximate surface area is 186 Å². The Morgan fingerprint density at radius 3 is 2.67 bits per heavy atom. The maximum absolute atomic E-state index is 13.6. The van der Waals surface area contributed by atoms with Crippen LogP contribution in [0.5, 0.6) is 0 Å². The molecule has 2 atom stereocenters. The molecule has 2 aromatic carbocycles. The molecule has 2 saturated heterocycles. The largest absolute Gasteiger partial charge is 0.326 e. The Morgan fingerprint density at radius 2 is 2.00 bits per heavy atom. The van der Waals surface area contributed by atoms with Gasteiger partial charge in [-0.25, -0.2) is 4.79 Å². The van der Waals surface area contributed by atoms with Gasteiger partial charge in [-0.1, -0.05) is 12.1 Å². The molecule has 0 aliphatic carbocycles. The second-order valence-electron chi connectivity index (χ2n) is 7.90. The number of carbonyl (C=O) groups excluding carboxylic acids is 4. The number of urea groups is 1.